The molecule has 1 aromatic carbocycles. The SMILES string of the molecule is CCC(Oc1ccccc1Cl)C(=O)NC1CCNCC1C. The maximum Gasteiger partial charge on any atom is 0.261 e. The van der Waals surface area contributed by atoms with Crippen LogP contribution in [0.1, 0.15) is 26.7 Å². The lowest BCUT2D eigenvalue weighted by molar-refractivity contribution is -0.129. The van der Waals surface area contributed by atoms with Crippen molar-refractivity contribution in [1.29, 1.82) is 0 Å². The predicted molar refractivity (Wildman–Crippen MR) is 84.7 cm³/mol. The third-order valence-corrected chi connectivity index (χ3v) is 4.19. The zero-order valence-corrected chi connectivity index (χ0v) is 13.3. The molecule has 1 amide bonds. The zero-order chi connectivity index (χ0) is 15.2. The molecule has 116 valence electrons. The van der Waals surface area contributed by atoms with Crippen LogP contribution in [0.4, 0.5) is 0 Å². The molecule has 3 unspecified atom stereocenters. The van der Waals surface area contributed by atoms with Crippen LogP contribution in [0.5, 0.6) is 5.75 Å². The predicted octanol–water partition coefficient (Wildman–Crippen LogP) is 2.61. The van der Waals surface area contributed by atoms with Crippen molar-refractivity contribution in [3.05, 3.63) is 29.3 Å². The van der Waals surface area contributed by atoms with Gasteiger partial charge in [0.15, 0.2) is 6.10 Å². The first-order valence-corrected chi connectivity index (χ1v) is 7.92. The smallest absolute Gasteiger partial charge is 0.261 e. The van der Waals surface area contributed by atoms with Gasteiger partial charge in [-0.3, -0.25) is 4.79 Å². The molecular formula is C16H23ClN2O2. The molecule has 0 aliphatic carbocycles. The molecule has 1 aliphatic rings. The van der Waals surface area contributed by atoms with E-state index in [4.69, 9.17) is 16.3 Å². The first-order chi connectivity index (χ1) is 10.1. The Morgan fingerprint density at radius 1 is 1.52 bits per heavy atom. The van der Waals surface area contributed by atoms with Gasteiger partial charge in [0.05, 0.1) is 5.02 Å². The normalized spacial score (nSPS) is 23.4. The number of carbonyl (C=O) groups excluding carboxylic acids is 1. The molecular weight excluding hydrogens is 288 g/mol. The number of benzene rings is 1. The number of rotatable bonds is 5. The zero-order valence-electron chi connectivity index (χ0n) is 12.6. The van der Waals surface area contributed by atoms with E-state index in [0.717, 1.165) is 19.5 Å². The topological polar surface area (TPSA) is 50.4 Å². The quantitative estimate of drug-likeness (QED) is 0.879. The largest absolute Gasteiger partial charge is 0.479 e. The highest BCUT2D eigenvalue weighted by Gasteiger charge is 2.26. The number of halogens is 1. The van der Waals surface area contributed by atoms with Gasteiger partial charge in [-0.05, 0) is 44.0 Å². The van der Waals surface area contributed by atoms with Crippen LogP contribution >= 0.6 is 11.6 Å². The van der Waals surface area contributed by atoms with Crippen molar-refractivity contribution in [2.75, 3.05) is 13.1 Å². The van der Waals surface area contributed by atoms with Crippen LogP contribution in [-0.4, -0.2) is 31.1 Å². The molecule has 1 aliphatic heterocycles. The summed E-state index contributed by atoms with van der Waals surface area (Å²) in [5.74, 6) is 0.927. The number of nitrogens with one attached hydrogen (secondary N) is 2. The number of para-hydroxylation sites is 1. The van der Waals surface area contributed by atoms with E-state index in [0.29, 0.717) is 23.1 Å². The Balaban J connectivity index is 1.97. The molecule has 3 atom stereocenters. The van der Waals surface area contributed by atoms with Crippen LogP contribution in [-0.2, 0) is 4.79 Å². The molecule has 0 radical (unpaired) electrons. The van der Waals surface area contributed by atoms with E-state index in [2.05, 4.69) is 17.6 Å². The first kappa shape index (κ1) is 16.1. The third-order valence-electron chi connectivity index (χ3n) is 3.88. The number of hydrogen-bond acceptors (Lipinski definition) is 3. The van der Waals surface area contributed by atoms with Crippen molar-refractivity contribution in [3.8, 4) is 5.75 Å². The minimum atomic E-state index is -0.507. The lowest BCUT2D eigenvalue weighted by Crippen LogP contribution is -2.51. The molecule has 2 rings (SSSR count). The van der Waals surface area contributed by atoms with Crippen molar-refractivity contribution < 1.29 is 9.53 Å². The standard InChI is InChI=1S/C16H23ClN2O2/c1-3-14(21-15-7-5-4-6-12(15)17)16(20)19-13-8-9-18-10-11(13)2/h4-7,11,13-14,18H,3,8-10H2,1-2H3,(H,19,20). The van der Waals surface area contributed by atoms with E-state index in [9.17, 15) is 4.79 Å². The molecule has 21 heavy (non-hydrogen) atoms. The number of amides is 1. The van der Waals surface area contributed by atoms with Crippen molar-refractivity contribution in [2.24, 2.45) is 5.92 Å². The van der Waals surface area contributed by atoms with Gasteiger partial charge in [-0.1, -0.05) is 37.6 Å². The van der Waals surface area contributed by atoms with Gasteiger partial charge in [0.2, 0.25) is 0 Å². The van der Waals surface area contributed by atoms with Crippen molar-refractivity contribution in [3.63, 3.8) is 0 Å². The van der Waals surface area contributed by atoms with Gasteiger partial charge >= 0.3 is 0 Å². The molecule has 2 N–H and O–H groups in total. The van der Waals surface area contributed by atoms with Gasteiger partial charge in [0, 0.05) is 6.04 Å². The third kappa shape index (κ3) is 4.35. The monoisotopic (exact) mass is 310 g/mol. The fourth-order valence-corrected chi connectivity index (χ4v) is 2.70. The van der Waals surface area contributed by atoms with E-state index in [1.807, 2.05) is 19.1 Å². The van der Waals surface area contributed by atoms with Crippen molar-refractivity contribution in [2.45, 2.75) is 38.8 Å². The summed E-state index contributed by atoms with van der Waals surface area (Å²) in [4.78, 5) is 12.4. The Bertz CT molecular complexity index is 481. The fourth-order valence-electron chi connectivity index (χ4n) is 2.52. The van der Waals surface area contributed by atoms with E-state index >= 15 is 0 Å². The maximum atomic E-state index is 12.4. The minimum Gasteiger partial charge on any atom is -0.479 e. The summed E-state index contributed by atoms with van der Waals surface area (Å²) in [6.07, 6.45) is 1.05. The van der Waals surface area contributed by atoms with Gasteiger partial charge in [0.25, 0.3) is 5.91 Å². The number of carbonyl (C=O) groups is 1. The molecule has 1 saturated heterocycles. The Morgan fingerprint density at radius 2 is 2.29 bits per heavy atom. The van der Waals surface area contributed by atoms with Crippen LogP contribution < -0.4 is 15.4 Å². The van der Waals surface area contributed by atoms with Gasteiger partial charge in [-0.25, -0.2) is 0 Å². The van der Waals surface area contributed by atoms with Crippen LogP contribution in [0, 0.1) is 5.92 Å². The molecule has 5 heteroatoms. The second-order valence-corrected chi connectivity index (χ2v) is 5.94. The summed E-state index contributed by atoms with van der Waals surface area (Å²) in [6, 6.07) is 7.44. The summed E-state index contributed by atoms with van der Waals surface area (Å²) < 4.78 is 5.77. The van der Waals surface area contributed by atoms with Crippen LogP contribution in [0.2, 0.25) is 5.02 Å². The summed E-state index contributed by atoms with van der Waals surface area (Å²) >= 11 is 6.08. The fraction of sp³-hybridized carbons (Fsp3) is 0.562. The molecule has 0 spiro atoms. The summed E-state index contributed by atoms with van der Waals surface area (Å²) in [7, 11) is 0. The second-order valence-electron chi connectivity index (χ2n) is 5.53. The van der Waals surface area contributed by atoms with Gasteiger partial charge in [-0.15, -0.1) is 0 Å². The summed E-state index contributed by atoms with van der Waals surface area (Å²) in [5.41, 5.74) is 0. The minimum absolute atomic E-state index is 0.0591. The van der Waals surface area contributed by atoms with E-state index < -0.39 is 6.10 Å². The van der Waals surface area contributed by atoms with Gasteiger partial charge < -0.3 is 15.4 Å². The average Bonchev–Trinajstić information content (AvgIpc) is 2.48. The highest BCUT2D eigenvalue weighted by molar-refractivity contribution is 6.32. The van der Waals surface area contributed by atoms with Crippen LogP contribution in [0.3, 0.4) is 0 Å². The number of ether oxygens (including phenoxy) is 1. The maximum absolute atomic E-state index is 12.4. The Morgan fingerprint density at radius 3 is 2.95 bits per heavy atom. The van der Waals surface area contributed by atoms with Crippen molar-refractivity contribution in [1.82, 2.24) is 10.6 Å². The molecule has 0 saturated carbocycles. The molecule has 1 aromatic rings. The Kier molecular flexibility index (Phi) is 5.88. The molecule has 0 aromatic heterocycles. The highest BCUT2D eigenvalue weighted by Crippen LogP contribution is 2.25. The van der Waals surface area contributed by atoms with E-state index in [1.54, 1.807) is 12.1 Å². The van der Waals surface area contributed by atoms with Crippen molar-refractivity contribution >= 4 is 17.5 Å². The Hall–Kier alpha value is -1.26. The molecule has 4 nitrogen and oxygen atoms in total. The summed E-state index contributed by atoms with van der Waals surface area (Å²) in [5, 5.41) is 6.97. The summed E-state index contributed by atoms with van der Waals surface area (Å²) in [6.45, 7) is 5.96. The van der Waals surface area contributed by atoms with E-state index in [-0.39, 0.29) is 11.9 Å². The van der Waals surface area contributed by atoms with Gasteiger partial charge in [-0.2, -0.15) is 0 Å². The van der Waals surface area contributed by atoms with Crippen LogP contribution in [0.25, 0.3) is 0 Å². The highest BCUT2D eigenvalue weighted by atomic mass is 35.5. The number of hydrogen-bond donors (Lipinski definition) is 2. The average molecular weight is 311 g/mol. The van der Waals surface area contributed by atoms with Gasteiger partial charge in [0.1, 0.15) is 5.75 Å². The van der Waals surface area contributed by atoms with E-state index in [1.165, 1.54) is 0 Å². The second kappa shape index (κ2) is 7.66. The number of piperidine rings is 1. The molecule has 1 fully saturated rings. The lowest BCUT2D eigenvalue weighted by atomic mass is 9.95. The molecule has 0 bridgehead atoms. The van der Waals surface area contributed by atoms with Crippen LogP contribution in [0.15, 0.2) is 24.3 Å². The first-order valence-electron chi connectivity index (χ1n) is 7.54. The Labute approximate surface area is 131 Å². The lowest BCUT2D eigenvalue weighted by Gasteiger charge is -2.31. The molecule has 1 heterocycles.